The Hall–Kier alpha value is -1.93. The lowest BCUT2D eigenvalue weighted by Gasteiger charge is -2.30. The molecule has 0 N–H and O–H groups in total. The zero-order valence-corrected chi connectivity index (χ0v) is 14.5. The summed E-state index contributed by atoms with van der Waals surface area (Å²) in [6, 6.07) is 5.55. The zero-order chi connectivity index (χ0) is 17.0. The summed E-state index contributed by atoms with van der Waals surface area (Å²) in [6.45, 7) is 4.17. The molecule has 130 valence electrons. The van der Waals surface area contributed by atoms with Crippen LogP contribution in [0.5, 0.6) is 5.88 Å². The highest BCUT2D eigenvalue weighted by atomic mass is 32.2. The number of sulfonamides is 1. The molecular weight excluding hydrogens is 328 g/mol. The van der Waals surface area contributed by atoms with E-state index >= 15 is 0 Å². The van der Waals surface area contributed by atoms with E-state index in [9.17, 15) is 8.42 Å². The van der Waals surface area contributed by atoms with Crippen molar-refractivity contribution in [3.8, 4) is 5.88 Å². The van der Waals surface area contributed by atoms with Crippen LogP contribution in [0.3, 0.4) is 0 Å². The molecule has 0 radical (unpaired) electrons. The number of ether oxygens (including phenoxy) is 1. The van der Waals surface area contributed by atoms with Crippen molar-refractivity contribution in [1.82, 2.24) is 19.1 Å². The maximum Gasteiger partial charge on any atom is 0.246 e. The number of pyridine rings is 1. The standard InChI is InChI=1S/C16H22N4O3S/c1-2-19-12-15(11-18-19)24(21,22)20-9-6-14(7-10-20)13-23-16-5-3-4-8-17-16/h3-5,8,11-12,14H,2,6-7,9-10,13H2,1H3. The molecule has 0 aromatic carbocycles. The van der Waals surface area contributed by atoms with Gasteiger partial charge in [0.15, 0.2) is 0 Å². The molecule has 1 aliphatic rings. The molecule has 1 fully saturated rings. The first-order chi connectivity index (χ1) is 11.6. The fourth-order valence-electron chi connectivity index (χ4n) is 2.75. The van der Waals surface area contributed by atoms with Crippen molar-refractivity contribution in [3.05, 3.63) is 36.8 Å². The molecule has 2 aromatic rings. The van der Waals surface area contributed by atoms with Gasteiger partial charge in [-0.25, -0.2) is 13.4 Å². The Labute approximate surface area is 142 Å². The van der Waals surface area contributed by atoms with Crippen LogP contribution in [-0.4, -0.2) is 47.2 Å². The van der Waals surface area contributed by atoms with E-state index in [4.69, 9.17) is 4.74 Å². The predicted octanol–water partition coefficient (Wildman–Crippen LogP) is 1.78. The zero-order valence-electron chi connectivity index (χ0n) is 13.7. The van der Waals surface area contributed by atoms with Crippen LogP contribution in [-0.2, 0) is 16.6 Å². The third-order valence-corrected chi connectivity index (χ3v) is 6.10. The van der Waals surface area contributed by atoms with Crippen molar-refractivity contribution in [2.45, 2.75) is 31.2 Å². The Bertz CT molecular complexity index is 753. The number of aryl methyl sites for hydroxylation is 1. The van der Waals surface area contributed by atoms with Crippen molar-refractivity contribution < 1.29 is 13.2 Å². The molecule has 1 aliphatic heterocycles. The van der Waals surface area contributed by atoms with Crippen molar-refractivity contribution in [3.63, 3.8) is 0 Å². The summed E-state index contributed by atoms with van der Waals surface area (Å²) in [5, 5.41) is 4.06. The first kappa shape index (κ1) is 16.9. The summed E-state index contributed by atoms with van der Waals surface area (Å²) in [5.74, 6) is 0.955. The summed E-state index contributed by atoms with van der Waals surface area (Å²) in [5.41, 5.74) is 0. The van der Waals surface area contributed by atoms with Gasteiger partial charge in [0.25, 0.3) is 0 Å². The third kappa shape index (κ3) is 3.76. The van der Waals surface area contributed by atoms with Gasteiger partial charge in [-0.1, -0.05) is 6.07 Å². The number of piperidine rings is 1. The highest BCUT2D eigenvalue weighted by Crippen LogP contribution is 2.24. The number of hydrogen-bond acceptors (Lipinski definition) is 5. The third-order valence-electron chi connectivity index (χ3n) is 4.25. The van der Waals surface area contributed by atoms with E-state index in [1.54, 1.807) is 21.4 Å². The van der Waals surface area contributed by atoms with Crippen molar-refractivity contribution in [1.29, 1.82) is 0 Å². The van der Waals surface area contributed by atoms with Crippen LogP contribution in [0.15, 0.2) is 41.7 Å². The predicted molar refractivity (Wildman–Crippen MR) is 89.1 cm³/mol. The fourth-order valence-corrected chi connectivity index (χ4v) is 4.18. The van der Waals surface area contributed by atoms with Crippen LogP contribution in [0.2, 0.25) is 0 Å². The highest BCUT2D eigenvalue weighted by Gasteiger charge is 2.30. The van der Waals surface area contributed by atoms with E-state index < -0.39 is 10.0 Å². The minimum absolute atomic E-state index is 0.271. The van der Waals surface area contributed by atoms with Crippen LogP contribution in [0, 0.1) is 5.92 Å². The maximum absolute atomic E-state index is 12.6. The Morgan fingerprint density at radius 3 is 2.71 bits per heavy atom. The monoisotopic (exact) mass is 350 g/mol. The van der Waals surface area contributed by atoms with Gasteiger partial charge in [0.2, 0.25) is 15.9 Å². The summed E-state index contributed by atoms with van der Waals surface area (Å²) >= 11 is 0. The number of hydrogen-bond donors (Lipinski definition) is 0. The van der Waals surface area contributed by atoms with Crippen molar-refractivity contribution >= 4 is 10.0 Å². The smallest absolute Gasteiger partial charge is 0.246 e. The number of nitrogens with zero attached hydrogens (tertiary/aromatic N) is 4. The van der Waals surface area contributed by atoms with Crippen LogP contribution < -0.4 is 4.74 Å². The minimum atomic E-state index is -3.44. The average Bonchev–Trinajstić information content (AvgIpc) is 3.11. The van der Waals surface area contributed by atoms with E-state index in [2.05, 4.69) is 10.1 Å². The molecule has 0 spiro atoms. The molecule has 0 atom stereocenters. The van der Waals surface area contributed by atoms with Crippen molar-refractivity contribution in [2.75, 3.05) is 19.7 Å². The van der Waals surface area contributed by atoms with Gasteiger partial charge in [-0.2, -0.15) is 9.40 Å². The van der Waals surface area contributed by atoms with Crippen LogP contribution >= 0.6 is 0 Å². The normalized spacial score (nSPS) is 17.0. The van der Waals surface area contributed by atoms with Crippen LogP contribution in [0.4, 0.5) is 0 Å². The summed E-state index contributed by atoms with van der Waals surface area (Å²) in [7, 11) is -3.44. The fraction of sp³-hybridized carbons (Fsp3) is 0.500. The lowest BCUT2D eigenvalue weighted by atomic mass is 9.99. The minimum Gasteiger partial charge on any atom is -0.477 e. The highest BCUT2D eigenvalue weighted by molar-refractivity contribution is 7.89. The van der Waals surface area contributed by atoms with Gasteiger partial charge < -0.3 is 4.74 Å². The van der Waals surface area contributed by atoms with Gasteiger partial charge in [-0.05, 0) is 31.7 Å². The SMILES string of the molecule is CCn1cc(S(=O)(=O)N2CCC(COc3ccccn3)CC2)cn1. The van der Waals surface area contributed by atoms with E-state index in [1.807, 2.05) is 25.1 Å². The second kappa shape index (κ2) is 7.31. The molecule has 8 heteroatoms. The van der Waals surface area contributed by atoms with Gasteiger partial charge in [-0.15, -0.1) is 0 Å². The topological polar surface area (TPSA) is 77.3 Å². The average molecular weight is 350 g/mol. The summed E-state index contributed by atoms with van der Waals surface area (Å²) in [6.07, 6.45) is 6.28. The molecule has 0 aliphatic carbocycles. The quantitative estimate of drug-likeness (QED) is 0.794. The Morgan fingerprint density at radius 1 is 1.29 bits per heavy atom. The van der Waals surface area contributed by atoms with E-state index in [0.29, 0.717) is 38.0 Å². The molecule has 0 unspecified atom stereocenters. The molecule has 3 heterocycles. The molecule has 24 heavy (non-hydrogen) atoms. The van der Waals surface area contributed by atoms with Crippen molar-refractivity contribution in [2.24, 2.45) is 5.92 Å². The molecule has 3 rings (SSSR count). The maximum atomic E-state index is 12.6. The summed E-state index contributed by atoms with van der Waals surface area (Å²) in [4.78, 5) is 4.40. The lowest BCUT2D eigenvalue weighted by Crippen LogP contribution is -2.39. The molecule has 0 saturated carbocycles. The molecule has 0 amide bonds. The first-order valence-corrected chi connectivity index (χ1v) is 9.60. The van der Waals surface area contributed by atoms with E-state index in [-0.39, 0.29) is 4.90 Å². The number of rotatable bonds is 6. The van der Waals surface area contributed by atoms with Gasteiger partial charge >= 0.3 is 0 Å². The first-order valence-electron chi connectivity index (χ1n) is 8.16. The number of aromatic nitrogens is 3. The van der Waals surface area contributed by atoms with Gasteiger partial charge in [0.1, 0.15) is 4.90 Å². The molecule has 1 saturated heterocycles. The molecule has 7 nitrogen and oxygen atoms in total. The Morgan fingerprint density at radius 2 is 2.08 bits per heavy atom. The largest absolute Gasteiger partial charge is 0.477 e. The van der Waals surface area contributed by atoms with Gasteiger partial charge in [-0.3, -0.25) is 4.68 Å². The second-order valence-electron chi connectivity index (χ2n) is 5.86. The Kier molecular flexibility index (Phi) is 5.15. The van der Waals surface area contributed by atoms with E-state index in [1.165, 1.54) is 6.20 Å². The second-order valence-corrected chi connectivity index (χ2v) is 7.80. The van der Waals surface area contributed by atoms with Gasteiger partial charge in [0.05, 0.1) is 12.8 Å². The lowest BCUT2D eigenvalue weighted by molar-refractivity contribution is 0.181. The molecular formula is C16H22N4O3S. The molecule has 0 bridgehead atoms. The van der Waals surface area contributed by atoms with Crippen LogP contribution in [0.1, 0.15) is 19.8 Å². The summed E-state index contributed by atoms with van der Waals surface area (Å²) < 4.78 is 34.1. The van der Waals surface area contributed by atoms with Gasteiger partial charge in [0, 0.05) is 38.1 Å². The van der Waals surface area contributed by atoms with Crippen LogP contribution in [0.25, 0.3) is 0 Å². The Balaban J connectivity index is 1.54. The van der Waals surface area contributed by atoms with E-state index in [0.717, 1.165) is 12.8 Å². The molecule has 2 aromatic heterocycles.